The molecule has 0 spiro atoms. The van der Waals surface area contributed by atoms with Gasteiger partial charge in [0.25, 0.3) is 0 Å². The maximum Gasteiger partial charge on any atom is 0.324 e. The van der Waals surface area contributed by atoms with Crippen molar-refractivity contribution in [2.75, 3.05) is 14.1 Å². The summed E-state index contributed by atoms with van der Waals surface area (Å²) < 4.78 is 0. The van der Waals surface area contributed by atoms with Crippen LogP contribution in [0, 0.1) is 0 Å². The zero-order valence-electron chi connectivity index (χ0n) is 9.13. The van der Waals surface area contributed by atoms with Crippen molar-refractivity contribution in [2.24, 2.45) is 0 Å². The third-order valence-corrected chi connectivity index (χ3v) is 2.78. The molecule has 0 heterocycles. The van der Waals surface area contributed by atoms with Crippen LogP contribution < -0.4 is 0 Å². The van der Waals surface area contributed by atoms with Gasteiger partial charge in [0.2, 0.25) is 0 Å². The molecule has 3 nitrogen and oxygen atoms in total. The van der Waals surface area contributed by atoms with Crippen LogP contribution in [0.4, 0.5) is 0 Å². The first-order chi connectivity index (χ1) is 6.01. The molecule has 0 bridgehead atoms. The molecule has 1 N–H and O–H groups in total. The fourth-order valence-electron chi connectivity index (χ4n) is 1.64. The van der Waals surface area contributed by atoms with Gasteiger partial charge in [0.05, 0.1) is 0 Å². The molecule has 0 radical (unpaired) electrons. The lowest BCUT2D eigenvalue weighted by Crippen LogP contribution is -2.50. The SMILES string of the molecule is CCCCC(CC)(C(=O)O)N(C)C. The highest BCUT2D eigenvalue weighted by Gasteiger charge is 2.37. The Labute approximate surface area is 80.7 Å². The molecule has 3 heteroatoms. The van der Waals surface area contributed by atoms with Crippen LogP contribution in [-0.4, -0.2) is 35.6 Å². The fourth-order valence-corrected chi connectivity index (χ4v) is 1.64. The maximum atomic E-state index is 11.2. The summed E-state index contributed by atoms with van der Waals surface area (Å²) in [6.45, 7) is 4.02. The van der Waals surface area contributed by atoms with Crippen LogP contribution >= 0.6 is 0 Å². The maximum absolute atomic E-state index is 11.2. The zero-order chi connectivity index (χ0) is 10.5. The van der Waals surface area contributed by atoms with Crippen LogP contribution in [0.3, 0.4) is 0 Å². The molecule has 0 aromatic heterocycles. The minimum Gasteiger partial charge on any atom is -0.480 e. The van der Waals surface area contributed by atoms with E-state index >= 15 is 0 Å². The Kier molecular flexibility index (Phi) is 4.99. The van der Waals surface area contributed by atoms with Gasteiger partial charge in [-0.15, -0.1) is 0 Å². The van der Waals surface area contributed by atoms with E-state index in [4.69, 9.17) is 0 Å². The zero-order valence-corrected chi connectivity index (χ0v) is 9.13. The summed E-state index contributed by atoms with van der Waals surface area (Å²) >= 11 is 0. The van der Waals surface area contributed by atoms with Gasteiger partial charge < -0.3 is 5.11 Å². The van der Waals surface area contributed by atoms with E-state index in [0.29, 0.717) is 6.42 Å². The average molecular weight is 187 g/mol. The van der Waals surface area contributed by atoms with Gasteiger partial charge in [0.15, 0.2) is 0 Å². The Bertz CT molecular complexity index is 168. The molecule has 1 unspecified atom stereocenters. The van der Waals surface area contributed by atoms with Crippen molar-refractivity contribution in [3.63, 3.8) is 0 Å². The molecule has 0 aliphatic carbocycles. The third kappa shape index (κ3) is 2.69. The molecule has 0 amide bonds. The largest absolute Gasteiger partial charge is 0.480 e. The Morgan fingerprint density at radius 3 is 2.15 bits per heavy atom. The number of nitrogens with zero attached hydrogens (tertiary/aromatic N) is 1. The highest BCUT2D eigenvalue weighted by Crippen LogP contribution is 2.24. The monoisotopic (exact) mass is 187 g/mol. The summed E-state index contributed by atoms with van der Waals surface area (Å²) in [6, 6.07) is 0. The van der Waals surface area contributed by atoms with Crippen LogP contribution in [-0.2, 0) is 4.79 Å². The number of carboxylic acids is 1. The predicted octanol–water partition coefficient (Wildman–Crippen LogP) is 1.97. The Hall–Kier alpha value is -0.570. The van der Waals surface area contributed by atoms with Crippen molar-refractivity contribution in [2.45, 2.75) is 45.1 Å². The Balaban J connectivity index is 4.55. The second-order valence-electron chi connectivity index (χ2n) is 3.69. The standard InChI is InChI=1S/C10H21NO2/c1-5-7-8-10(6-2,9(12)13)11(3)4/h5-8H2,1-4H3,(H,12,13). The summed E-state index contributed by atoms with van der Waals surface area (Å²) in [7, 11) is 3.68. The van der Waals surface area contributed by atoms with Gasteiger partial charge in [-0.25, -0.2) is 0 Å². The number of unbranched alkanes of at least 4 members (excludes halogenated alkanes) is 1. The smallest absolute Gasteiger partial charge is 0.324 e. The van der Waals surface area contributed by atoms with E-state index in [2.05, 4.69) is 6.92 Å². The van der Waals surface area contributed by atoms with Crippen LogP contribution in [0.5, 0.6) is 0 Å². The minimum atomic E-state index is -0.701. The van der Waals surface area contributed by atoms with Gasteiger partial charge in [-0.2, -0.15) is 0 Å². The van der Waals surface area contributed by atoms with Crippen molar-refractivity contribution in [3.8, 4) is 0 Å². The second-order valence-corrected chi connectivity index (χ2v) is 3.69. The van der Waals surface area contributed by atoms with Crippen LogP contribution in [0.15, 0.2) is 0 Å². The van der Waals surface area contributed by atoms with Gasteiger partial charge >= 0.3 is 5.97 Å². The molecule has 0 aromatic rings. The number of hydrogen-bond acceptors (Lipinski definition) is 2. The second kappa shape index (κ2) is 5.22. The van der Waals surface area contributed by atoms with Crippen LogP contribution in [0.25, 0.3) is 0 Å². The Morgan fingerprint density at radius 1 is 1.38 bits per heavy atom. The van der Waals surface area contributed by atoms with E-state index in [9.17, 15) is 9.90 Å². The normalized spacial score (nSPS) is 15.8. The van der Waals surface area contributed by atoms with E-state index in [-0.39, 0.29) is 0 Å². The van der Waals surface area contributed by atoms with E-state index in [1.54, 1.807) is 0 Å². The molecule has 0 fully saturated rings. The first-order valence-corrected chi connectivity index (χ1v) is 4.92. The molecule has 0 saturated heterocycles. The number of rotatable bonds is 6. The van der Waals surface area contributed by atoms with E-state index in [0.717, 1.165) is 19.3 Å². The highest BCUT2D eigenvalue weighted by atomic mass is 16.4. The predicted molar refractivity (Wildman–Crippen MR) is 53.9 cm³/mol. The van der Waals surface area contributed by atoms with Crippen molar-refractivity contribution in [3.05, 3.63) is 0 Å². The molecule has 0 aromatic carbocycles. The number of aliphatic carboxylic acids is 1. The Morgan fingerprint density at radius 2 is 1.92 bits per heavy atom. The van der Waals surface area contributed by atoms with Gasteiger partial charge in [-0.05, 0) is 26.9 Å². The third-order valence-electron chi connectivity index (χ3n) is 2.78. The molecule has 0 aliphatic rings. The molecule has 13 heavy (non-hydrogen) atoms. The summed E-state index contributed by atoms with van der Waals surface area (Å²) in [6.07, 6.45) is 3.42. The summed E-state index contributed by atoms with van der Waals surface area (Å²) in [5.41, 5.74) is -0.657. The lowest BCUT2D eigenvalue weighted by Gasteiger charge is -2.35. The molecule has 0 saturated carbocycles. The lowest BCUT2D eigenvalue weighted by molar-refractivity contribution is -0.150. The number of carboxylic acid groups (broad SMARTS) is 1. The van der Waals surface area contributed by atoms with Crippen molar-refractivity contribution < 1.29 is 9.90 Å². The highest BCUT2D eigenvalue weighted by molar-refractivity contribution is 5.78. The van der Waals surface area contributed by atoms with Crippen molar-refractivity contribution in [1.82, 2.24) is 4.90 Å². The van der Waals surface area contributed by atoms with Gasteiger partial charge in [0, 0.05) is 0 Å². The fraction of sp³-hybridized carbons (Fsp3) is 0.900. The van der Waals surface area contributed by atoms with Gasteiger partial charge in [-0.1, -0.05) is 26.7 Å². The topological polar surface area (TPSA) is 40.5 Å². The van der Waals surface area contributed by atoms with Crippen molar-refractivity contribution in [1.29, 1.82) is 0 Å². The average Bonchev–Trinajstić information content (AvgIpc) is 2.05. The van der Waals surface area contributed by atoms with Crippen molar-refractivity contribution >= 4 is 5.97 Å². The number of hydrogen-bond donors (Lipinski definition) is 1. The van der Waals surface area contributed by atoms with Crippen LogP contribution in [0.2, 0.25) is 0 Å². The summed E-state index contributed by atoms with van der Waals surface area (Å²) in [5, 5.41) is 9.18. The lowest BCUT2D eigenvalue weighted by atomic mass is 9.88. The molecule has 78 valence electrons. The van der Waals surface area contributed by atoms with E-state index in [1.165, 1.54) is 0 Å². The molecular weight excluding hydrogens is 166 g/mol. The molecule has 1 atom stereocenters. The van der Waals surface area contributed by atoms with Gasteiger partial charge in [-0.3, -0.25) is 9.69 Å². The van der Waals surface area contributed by atoms with Gasteiger partial charge in [0.1, 0.15) is 5.54 Å². The quantitative estimate of drug-likeness (QED) is 0.691. The minimum absolute atomic E-state index is 0.657. The molecule has 0 aliphatic heterocycles. The number of likely N-dealkylation sites (N-methyl/N-ethyl adjacent to an activating group) is 1. The molecular formula is C10H21NO2. The number of carbonyl (C=O) groups is 1. The summed E-state index contributed by atoms with van der Waals surface area (Å²) in [4.78, 5) is 13.0. The van der Waals surface area contributed by atoms with E-state index in [1.807, 2.05) is 25.9 Å². The first-order valence-electron chi connectivity index (χ1n) is 4.92. The van der Waals surface area contributed by atoms with E-state index < -0.39 is 11.5 Å². The van der Waals surface area contributed by atoms with Crippen LogP contribution in [0.1, 0.15) is 39.5 Å². The first kappa shape index (κ1) is 12.4. The summed E-state index contributed by atoms with van der Waals surface area (Å²) in [5.74, 6) is -0.701. The molecule has 0 rings (SSSR count).